The van der Waals surface area contributed by atoms with Gasteiger partial charge in [-0.25, -0.2) is 14.2 Å². The first-order valence-corrected chi connectivity index (χ1v) is 13.0. The van der Waals surface area contributed by atoms with E-state index in [0.29, 0.717) is 0 Å². The summed E-state index contributed by atoms with van der Waals surface area (Å²) in [6.07, 6.45) is 1.18. The summed E-state index contributed by atoms with van der Waals surface area (Å²) < 4.78 is 60.1. The van der Waals surface area contributed by atoms with Crippen LogP contribution in [0.5, 0.6) is 11.5 Å². The Morgan fingerprint density at radius 3 is 2.47 bits per heavy atom. The summed E-state index contributed by atoms with van der Waals surface area (Å²) in [5.74, 6) is -1.63. The molecule has 0 bridgehead atoms. The fraction of sp³-hybridized carbons (Fsp3) is 0.100. The Bertz CT molecular complexity index is 1900. The third kappa shape index (κ3) is 7.15. The zero-order chi connectivity index (χ0) is 32.3. The number of nitrogens with zero attached hydrogens (tertiary/aromatic N) is 4. The zero-order valence-corrected chi connectivity index (χ0v) is 23.2. The summed E-state index contributed by atoms with van der Waals surface area (Å²) in [7, 11) is 0. The molecule has 0 saturated carbocycles. The summed E-state index contributed by atoms with van der Waals surface area (Å²) >= 11 is 0. The van der Waals surface area contributed by atoms with E-state index in [-0.39, 0.29) is 52.3 Å². The molecule has 1 aliphatic heterocycles. The number of halogens is 4. The maximum Gasteiger partial charge on any atom is 0.416 e. The molecule has 4 aromatic rings. The molecular weight excluding hydrogens is 600 g/mol. The summed E-state index contributed by atoms with van der Waals surface area (Å²) in [6.45, 7) is 1.43. The average Bonchev–Trinajstić information content (AvgIpc) is 2.98. The van der Waals surface area contributed by atoms with Crippen LogP contribution in [-0.4, -0.2) is 43.3 Å². The number of pyridine rings is 1. The Labute approximate surface area is 251 Å². The fourth-order valence-corrected chi connectivity index (χ4v) is 4.12. The standard InChI is InChI=1S/C30H22F4N6O5/c1-17-13-26(42)40(20-7-4-18(5-8-20)30(32,33)34)38-27(17)28(43)36-19-6-9-24(23(31)14-19)45-22-10-11-35-25(15-22)37-29(44)39-12-2-3-21(41)16-39/h2-15,41H,16H2,1H3,(H,36,43)(H,35,37,44). The second-order valence-electron chi connectivity index (χ2n) is 9.61. The number of hydrogen-bond donors (Lipinski definition) is 3. The van der Waals surface area contributed by atoms with Crippen LogP contribution in [0.3, 0.4) is 0 Å². The number of urea groups is 1. The van der Waals surface area contributed by atoms with Gasteiger partial charge in [0.15, 0.2) is 17.3 Å². The minimum absolute atomic E-state index is 0.00126. The maximum absolute atomic E-state index is 15.0. The number of anilines is 2. The molecule has 0 atom stereocenters. The molecule has 0 fully saturated rings. The van der Waals surface area contributed by atoms with Gasteiger partial charge >= 0.3 is 12.2 Å². The van der Waals surface area contributed by atoms with Crippen molar-refractivity contribution < 1.29 is 37.0 Å². The molecule has 0 saturated heterocycles. The minimum Gasteiger partial charge on any atom is -0.510 e. The van der Waals surface area contributed by atoms with Crippen LogP contribution in [-0.2, 0) is 6.18 Å². The predicted molar refractivity (Wildman–Crippen MR) is 154 cm³/mol. The van der Waals surface area contributed by atoms with Crippen molar-refractivity contribution in [1.82, 2.24) is 19.7 Å². The van der Waals surface area contributed by atoms with E-state index in [1.54, 1.807) is 0 Å². The monoisotopic (exact) mass is 622 g/mol. The Morgan fingerprint density at radius 1 is 1.02 bits per heavy atom. The summed E-state index contributed by atoms with van der Waals surface area (Å²) in [5.41, 5.74) is -1.59. The van der Waals surface area contributed by atoms with Gasteiger partial charge in [-0.2, -0.15) is 23.0 Å². The van der Waals surface area contributed by atoms with E-state index in [1.165, 1.54) is 60.6 Å². The highest BCUT2D eigenvalue weighted by molar-refractivity contribution is 6.03. The van der Waals surface area contributed by atoms with E-state index >= 15 is 0 Å². The maximum atomic E-state index is 15.0. The average molecular weight is 623 g/mol. The number of aliphatic hydroxyl groups excluding tert-OH is 1. The van der Waals surface area contributed by atoms with E-state index in [2.05, 4.69) is 20.7 Å². The number of ether oxygens (including phenoxy) is 1. The van der Waals surface area contributed by atoms with Gasteiger partial charge in [-0.05, 0) is 67.1 Å². The fourth-order valence-electron chi connectivity index (χ4n) is 4.12. The number of amides is 3. The summed E-state index contributed by atoms with van der Waals surface area (Å²) in [5, 5.41) is 18.6. The molecule has 15 heteroatoms. The molecule has 3 amide bonds. The quantitative estimate of drug-likeness (QED) is 0.226. The number of hydrogen-bond acceptors (Lipinski definition) is 7. The third-order valence-corrected chi connectivity index (χ3v) is 6.31. The van der Waals surface area contributed by atoms with Crippen molar-refractivity contribution in [3.8, 4) is 17.2 Å². The lowest BCUT2D eigenvalue weighted by atomic mass is 10.2. The van der Waals surface area contributed by atoms with Gasteiger partial charge in [-0.1, -0.05) is 0 Å². The number of nitrogens with one attached hydrogen (secondary N) is 2. The van der Waals surface area contributed by atoms with Crippen LogP contribution in [0.4, 0.5) is 33.9 Å². The first-order chi connectivity index (χ1) is 21.4. The molecule has 2 aromatic carbocycles. The minimum atomic E-state index is -4.57. The number of aliphatic hydroxyl groups is 1. The molecule has 3 N–H and O–H groups in total. The van der Waals surface area contributed by atoms with Crippen LogP contribution < -0.4 is 20.9 Å². The topological polar surface area (TPSA) is 139 Å². The number of carbonyl (C=O) groups excluding carboxylic acids is 2. The van der Waals surface area contributed by atoms with Gasteiger partial charge in [0.05, 0.1) is 17.8 Å². The number of alkyl halides is 3. The number of aromatic nitrogens is 3. The molecule has 0 radical (unpaired) electrons. The van der Waals surface area contributed by atoms with E-state index in [1.807, 2.05) is 0 Å². The lowest BCUT2D eigenvalue weighted by Gasteiger charge is -2.20. The van der Waals surface area contributed by atoms with Crippen molar-refractivity contribution in [3.63, 3.8) is 0 Å². The number of benzene rings is 2. The molecule has 0 unspecified atom stereocenters. The van der Waals surface area contributed by atoms with Crippen LogP contribution in [0, 0.1) is 12.7 Å². The first-order valence-electron chi connectivity index (χ1n) is 13.0. The van der Waals surface area contributed by atoms with Crippen molar-refractivity contribution in [2.45, 2.75) is 13.1 Å². The molecule has 230 valence electrons. The van der Waals surface area contributed by atoms with Gasteiger partial charge in [0.2, 0.25) is 0 Å². The van der Waals surface area contributed by atoms with E-state index in [0.717, 1.165) is 41.1 Å². The Hall–Kier alpha value is -5.99. The SMILES string of the molecule is Cc1cc(=O)n(-c2ccc(C(F)(F)F)cc2)nc1C(=O)Nc1ccc(Oc2ccnc(NC(=O)N3C=CC=C(O)C3)c2)c(F)c1. The van der Waals surface area contributed by atoms with E-state index in [4.69, 9.17) is 4.74 Å². The molecular formula is C30H22F4N6O5. The van der Waals surface area contributed by atoms with Crippen LogP contribution in [0.15, 0.2) is 95.8 Å². The molecule has 5 rings (SSSR count). The van der Waals surface area contributed by atoms with Gasteiger partial charge in [0.25, 0.3) is 11.5 Å². The smallest absolute Gasteiger partial charge is 0.416 e. The van der Waals surface area contributed by atoms with Crippen molar-refractivity contribution in [1.29, 1.82) is 0 Å². The molecule has 3 heterocycles. The van der Waals surface area contributed by atoms with E-state index in [9.17, 15) is 37.1 Å². The molecule has 45 heavy (non-hydrogen) atoms. The molecule has 1 aliphatic rings. The second-order valence-corrected chi connectivity index (χ2v) is 9.61. The molecule has 0 spiro atoms. The summed E-state index contributed by atoms with van der Waals surface area (Å²) in [4.78, 5) is 43.2. The van der Waals surface area contributed by atoms with Gasteiger partial charge in [-0.15, -0.1) is 0 Å². The normalized spacial score (nSPS) is 12.8. The highest BCUT2D eigenvalue weighted by Crippen LogP contribution is 2.30. The van der Waals surface area contributed by atoms with E-state index < -0.39 is 35.1 Å². The van der Waals surface area contributed by atoms with Crippen LogP contribution in [0.2, 0.25) is 0 Å². The highest BCUT2D eigenvalue weighted by atomic mass is 19.4. The summed E-state index contributed by atoms with van der Waals surface area (Å²) in [6, 6.07) is 10.6. The van der Waals surface area contributed by atoms with Gasteiger partial charge in [-0.3, -0.25) is 19.8 Å². The zero-order valence-electron chi connectivity index (χ0n) is 23.2. The number of rotatable bonds is 6. The largest absolute Gasteiger partial charge is 0.510 e. The molecule has 0 aliphatic carbocycles. The second kappa shape index (κ2) is 12.3. The number of carbonyl (C=O) groups is 2. The van der Waals surface area contributed by atoms with Gasteiger partial charge in [0, 0.05) is 36.3 Å². The van der Waals surface area contributed by atoms with Crippen molar-refractivity contribution in [2.75, 3.05) is 17.2 Å². The van der Waals surface area contributed by atoms with Crippen molar-refractivity contribution in [3.05, 3.63) is 124 Å². The van der Waals surface area contributed by atoms with Crippen molar-refractivity contribution >= 4 is 23.4 Å². The van der Waals surface area contributed by atoms with Crippen LogP contribution >= 0.6 is 0 Å². The lowest BCUT2D eigenvalue weighted by Crippen LogP contribution is -2.33. The Morgan fingerprint density at radius 2 is 1.78 bits per heavy atom. The van der Waals surface area contributed by atoms with Gasteiger partial charge in [0.1, 0.15) is 17.3 Å². The highest BCUT2D eigenvalue weighted by Gasteiger charge is 2.30. The Balaban J connectivity index is 1.27. The van der Waals surface area contributed by atoms with Crippen LogP contribution in [0.1, 0.15) is 21.6 Å². The molecule has 11 nitrogen and oxygen atoms in total. The predicted octanol–water partition coefficient (Wildman–Crippen LogP) is 5.94. The lowest BCUT2D eigenvalue weighted by molar-refractivity contribution is -0.137. The first kappa shape index (κ1) is 30.5. The number of allylic oxidation sites excluding steroid dienone is 2. The third-order valence-electron chi connectivity index (χ3n) is 6.31. The van der Waals surface area contributed by atoms with Gasteiger partial charge < -0.3 is 15.2 Å². The van der Waals surface area contributed by atoms with Crippen molar-refractivity contribution in [2.24, 2.45) is 0 Å². The Kier molecular flexibility index (Phi) is 8.34. The molecule has 2 aromatic heterocycles. The van der Waals surface area contributed by atoms with Crippen LogP contribution in [0.25, 0.3) is 5.69 Å². The number of aryl methyl sites for hydroxylation is 1.